The highest BCUT2D eigenvalue weighted by Gasteiger charge is 2.26. The van der Waals surface area contributed by atoms with Gasteiger partial charge in [-0.2, -0.15) is 0 Å². The number of carboxylic acid groups (broad SMARTS) is 1. The van der Waals surface area contributed by atoms with Gasteiger partial charge in [0.15, 0.2) is 0 Å². The van der Waals surface area contributed by atoms with Gasteiger partial charge in [0, 0.05) is 17.3 Å². The van der Waals surface area contributed by atoms with Gasteiger partial charge < -0.3 is 10.4 Å². The van der Waals surface area contributed by atoms with Gasteiger partial charge in [-0.3, -0.25) is 0 Å². The molecule has 0 atom stereocenters. The highest BCUT2D eigenvalue weighted by Crippen LogP contribution is 2.41. The molecule has 1 aromatic heterocycles. The summed E-state index contributed by atoms with van der Waals surface area (Å²) in [5.74, 6) is -0.126. The number of aromatic carboxylic acids is 1. The summed E-state index contributed by atoms with van der Waals surface area (Å²) in [6, 6.07) is 24.3. The number of anilines is 2. The minimum atomic E-state index is -0.964. The van der Waals surface area contributed by atoms with E-state index in [2.05, 4.69) is 46.7 Å². The van der Waals surface area contributed by atoms with Gasteiger partial charge in [-0.15, -0.1) is 0 Å². The van der Waals surface area contributed by atoms with Crippen molar-refractivity contribution in [1.29, 1.82) is 0 Å². The number of hydrogen-bond donors (Lipinski definition) is 2. The van der Waals surface area contributed by atoms with Crippen molar-refractivity contribution in [3.8, 4) is 11.1 Å². The van der Waals surface area contributed by atoms with Crippen molar-refractivity contribution >= 4 is 28.2 Å². The van der Waals surface area contributed by atoms with Crippen LogP contribution in [0.1, 0.15) is 34.7 Å². The van der Waals surface area contributed by atoms with Crippen LogP contribution < -0.4 is 5.32 Å². The lowest BCUT2D eigenvalue weighted by Gasteiger charge is -2.13. The van der Waals surface area contributed by atoms with Gasteiger partial charge in [0.1, 0.15) is 11.4 Å². The van der Waals surface area contributed by atoms with E-state index in [1.54, 1.807) is 12.3 Å². The third-order valence-electron chi connectivity index (χ3n) is 5.43. The lowest BCUT2D eigenvalue weighted by molar-refractivity contribution is 0.0697. The second-order valence-corrected chi connectivity index (χ2v) is 7.48. The molecule has 2 N–H and O–H groups in total. The van der Waals surface area contributed by atoms with Crippen LogP contribution >= 0.6 is 0 Å². The van der Waals surface area contributed by atoms with Crippen molar-refractivity contribution in [3.05, 3.63) is 90.1 Å². The Morgan fingerprint density at radius 1 is 0.931 bits per heavy atom. The van der Waals surface area contributed by atoms with Gasteiger partial charge in [0.05, 0.1) is 0 Å². The Hall–Kier alpha value is -3.66. The lowest BCUT2D eigenvalue weighted by Crippen LogP contribution is -2.06. The van der Waals surface area contributed by atoms with Gasteiger partial charge in [-0.05, 0) is 59.0 Å². The number of pyridine rings is 1. The van der Waals surface area contributed by atoms with E-state index in [0.717, 1.165) is 40.4 Å². The molecule has 4 heteroatoms. The normalized spacial score (nSPS) is 13.4. The first-order valence-electron chi connectivity index (χ1n) is 9.77. The minimum Gasteiger partial charge on any atom is -0.478 e. The summed E-state index contributed by atoms with van der Waals surface area (Å²) in [5.41, 5.74) is 4.38. The van der Waals surface area contributed by atoms with Crippen LogP contribution in [0.3, 0.4) is 0 Å². The molecule has 0 bridgehead atoms. The number of carbonyl (C=O) groups is 1. The van der Waals surface area contributed by atoms with Gasteiger partial charge >= 0.3 is 5.97 Å². The van der Waals surface area contributed by atoms with Crippen LogP contribution in [0, 0.1) is 0 Å². The zero-order valence-electron chi connectivity index (χ0n) is 15.8. The number of fused-ring (bicyclic) bond motifs is 1. The Balaban J connectivity index is 1.53. The zero-order valence-corrected chi connectivity index (χ0v) is 15.8. The van der Waals surface area contributed by atoms with E-state index in [9.17, 15) is 9.90 Å². The maximum absolute atomic E-state index is 11.8. The van der Waals surface area contributed by atoms with Crippen molar-refractivity contribution in [2.45, 2.75) is 18.8 Å². The van der Waals surface area contributed by atoms with Crippen molar-refractivity contribution in [3.63, 3.8) is 0 Å². The first-order chi connectivity index (χ1) is 14.2. The number of nitrogens with one attached hydrogen (secondary N) is 1. The summed E-state index contributed by atoms with van der Waals surface area (Å²) >= 11 is 0. The van der Waals surface area contributed by atoms with Crippen LogP contribution in [-0.2, 0) is 0 Å². The van der Waals surface area contributed by atoms with Crippen molar-refractivity contribution in [1.82, 2.24) is 4.98 Å². The molecule has 4 aromatic rings. The quantitative estimate of drug-likeness (QED) is 0.431. The molecule has 3 aromatic carbocycles. The monoisotopic (exact) mass is 380 g/mol. The molecule has 0 radical (unpaired) electrons. The van der Waals surface area contributed by atoms with Crippen molar-refractivity contribution in [2.24, 2.45) is 0 Å². The molecule has 1 aliphatic carbocycles. The second kappa shape index (κ2) is 7.06. The molecule has 0 spiro atoms. The van der Waals surface area contributed by atoms with E-state index in [4.69, 9.17) is 0 Å². The number of aromatic nitrogens is 1. The standard InChI is InChI=1S/C25H20N2O2/c28-25(29)22-14-20(17-9-10-17)15-26-24(22)27-23-8-4-7-19-13-18(11-12-21(19)23)16-5-2-1-3-6-16/h1-8,11-15,17H,9-10H2,(H,26,27)(H,28,29). The molecule has 0 saturated heterocycles. The largest absolute Gasteiger partial charge is 0.478 e. The van der Waals surface area contributed by atoms with Gasteiger partial charge in [0.2, 0.25) is 0 Å². The summed E-state index contributed by atoms with van der Waals surface area (Å²) in [6.07, 6.45) is 4.02. The van der Waals surface area contributed by atoms with Crippen LogP contribution in [0.25, 0.3) is 21.9 Å². The first kappa shape index (κ1) is 17.4. The Morgan fingerprint density at radius 3 is 2.52 bits per heavy atom. The number of rotatable bonds is 5. The average molecular weight is 380 g/mol. The van der Waals surface area contributed by atoms with Crippen LogP contribution in [-0.4, -0.2) is 16.1 Å². The number of carboxylic acids is 1. The van der Waals surface area contributed by atoms with Crippen LogP contribution in [0.2, 0.25) is 0 Å². The molecule has 0 aliphatic heterocycles. The molecule has 1 aliphatic rings. The Bertz CT molecular complexity index is 1210. The molecule has 1 fully saturated rings. The van der Waals surface area contributed by atoms with Crippen molar-refractivity contribution < 1.29 is 9.90 Å². The van der Waals surface area contributed by atoms with E-state index >= 15 is 0 Å². The van der Waals surface area contributed by atoms with Crippen LogP contribution in [0.15, 0.2) is 79.0 Å². The lowest BCUT2D eigenvalue weighted by atomic mass is 10.0. The predicted molar refractivity (Wildman–Crippen MR) is 116 cm³/mol. The number of nitrogens with zero attached hydrogens (tertiary/aromatic N) is 1. The first-order valence-corrected chi connectivity index (χ1v) is 9.77. The molecule has 0 unspecified atom stereocenters. The second-order valence-electron chi connectivity index (χ2n) is 7.48. The fourth-order valence-electron chi connectivity index (χ4n) is 3.71. The fourth-order valence-corrected chi connectivity index (χ4v) is 3.71. The van der Waals surface area contributed by atoms with E-state index < -0.39 is 5.97 Å². The maximum atomic E-state index is 11.8. The van der Waals surface area contributed by atoms with Gasteiger partial charge in [0.25, 0.3) is 0 Å². The third-order valence-corrected chi connectivity index (χ3v) is 5.43. The molecular formula is C25H20N2O2. The third kappa shape index (κ3) is 3.45. The highest BCUT2D eigenvalue weighted by atomic mass is 16.4. The Labute approximate surface area is 168 Å². The summed E-state index contributed by atoms with van der Waals surface area (Å²) in [7, 11) is 0. The fraction of sp³-hybridized carbons (Fsp3) is 0.120. The number of benzene rings is 3. The average Bonchev–Trinajstić information content (AvgIpc) is 3.60. The summed E-state index contributed by atoms with van der Waals surface area (Å²) in [5, 5.41) is 15.0. The van der Waals surface area contributed by atoms with Crippen LogP contribution in [0.4, 0.5) is 11.5 Å². The summed E-state index contributed by atoms with van der Waals surface area (Å²) in [4.78, 5) is 16.2. The Morgan fingerprint density at radius 2 is 1.76 bits per heavy atom. The van der Waals surface area contributed by atoms with Crippen molar-refractivity contribution in [2.75, 3.05) is 5.32 Å². The van der Waals surface area contributed by atoms with Crippen LogP contribution in [0.5, 0.6) is 0 Å². The summed E-state index contributed by atoms with van der Waals surface area (Å²) in [6.45, 7) is 0. The molecule has 142 valence electrons. The molecule has 29 heavy (non-hydrogen) atoms. The SMILES string of the molecule is O=C(O)c1cc(C2CC2)cnc1Nc1cccc2cc(-c3ccccc3)ccc12. The Kier molecular flexibility index (Phi) is 4.24. The smallest absolute Gasteiger partial charge is 0.339 e. The summed E-state index contributed by atoms with van der Waals surface area (Å²) < 4.78 is 0. The predicted octanol–water partition coefficient (Wildman–Crippen LogP) is 6.22. The molecule has 1 saturated carbocycles. The van der Waals surface area contributed by atoms with Gasteiger partial charge in [-0.25, -0.2) is 9.78 Å². The zero-order chi connectivity index (χ0) is 19.8. The van der Waals surface area contributed by atoms with Gasteiger partial charge in [-0.1, -0.05) is 54.6 Å². The van der Waals surface area contributed by atoms with E-state index in [1.165, 1.54) is 5.56 Å². The topological polar surface area (TPSA) is 62.2 Å². The highest BCUT2D eigenvalue weighted by molar-refractivity contribution is 6.00. The maximum Gasteiger partial charge on any atom is 0.339 e. The van der Waals surface area contributed by atoms with E-state index in [0.29, 0.717) is 11.7 Å². The molecule has 1 heterocycles. The van der Waals surface area contributed by atoms with E-state index in [1.807, 2.05) is 30.3 Å². The minimum absolute atomic E-state index is 0.215. The molecular weight excluding hydrogens is 360 g/mol. The molecule has 5 rings (SSSR count). The molecule has 0 amide bonds. The van der Waals surface area contributed by atoms with E-state index in [-0.39, 0.29) is 5.56 Å². The molecule has 4 nitrogen and oxygen atoms in total. The number of hydrogen-bond acceptors (Lipinski definition) is 3.